The molecule has 0 saturated heterocycles. The second-order valence-corrected chi connectivity index (χ2v) is 6.66. The molecule has 0 aliphatic rings. The maximum Gasteiger partial charge on any atom is 0.339 e. The van der Waals surface area contributed by atoms with Crippen LogP contribution in [-0.2, 0) is 10.1 Å². The second-order valence-electron chi connectivity index (χ2n) is 4.07. The predicted octanol–water partition coefficient (Wildman–Crippen LogP) is 0.753. The van der Waals surface area contributed by atoms with Gasteiger partial charge >= 0.3 is 10.1 Å². The molecule has 18 heavy (non-hydrogen) atoms. The summed E-state index contributed by atoms with van der Waals surface area (Å²) >= 11 is 0. The van der Waals surface area contributed by atoms with E-state index in [2.05, 4.69) is 0 Å². The van der Waals surface area contributed by atoms with Crippen LogP contribution in [0, 0.1) is 6.92 Å². The molecule has 94 valence electrons. The number of hydrogen-bond donors (Lipinski definition) is 0. The molecule has 0 aromatic heterocycles. The van der Waals surface area contributed by atoms with Gasteiger partial charge in [0.05, 0.1) is 0 Å². The van der Waals surface area contributed by atoms with Gasteiger partial charge in [0.2, 0.25) is 0 Å². The van der Waals surface area contributed by atoms with Crippen LogP contribution >= 0.6 is 0 Å². The molecule has 3 nitrogen and oxygen atoms in total. The zero-order valence-electron chi connectivity index (χ0n) is 10.3. The average molecular weight is 278 g/mol. The number of aryl methyl sites for hydroxylation is 1. The molecule has 0 spiro atoms. The van der Waals surface area contributed by atoms with Crippen LogP contribution in [-0.4, -0.2) is 18.7 Å². The summed E-state index contributed by atoms with van der Waals surface area (Å²) in [6.45, 7) is 1.82. The summed E-state index contributed by atoms with van der Waals surface area (Å²) < 4.78 is 29.5. The van der Waals surface area contributed by atoms with Crippen LogP contribution in [0.25, 0.3) is 0 Å². The van der Waals surface area contributed by atoms with Crippen molar-refractivity contribution in [2.24, 2.45) is 0 Å². The van der Waals surface area contributed by atoms with Gasteiger partial charge in [-0.1, -0.05) is 36.4 Å². The van der Waals surface area contributed by atoms with E-state index in [1.165, 1.54) is 0 Å². The molecule has 0 atom stereocenters. The van der Waals surface area contributed by atoms with E-state index in [0.717, 1.165) is 10.8 Å². The molecule has 0 N–H and O–H groups in total. The van der Waals surface area contributed by atoms with Gasteiger partial charge in [0.1, 0.15) is 10.6 Å². The van der Waals surface area contributed by atoms with Gasteiger partial charge in [0.15, 0.2) is 0 Å². The van der Waals surface area contributed by atoms with Gasteiger partial charge in [-0.15, -0.1) is 0 Å². The first-order valence-electron chi connectivity index (χ1n) is 5.56. The quantitative estimate of drug-likeness (QED) is 0.615. The summed E-state index contributed by atoms with van der Waals surface area (Å²) in [6, 6.07) is 14.0. The Morgan fingerprint density at radius 3 is 2.28 bits per heavy atom. The van der Waals surface area contributed by atoms with Crippen molar-refractivity contribution in [1.29, 1.82) is 0 Å². The molecule has 2 aromatic carbocycles. The lowest BCUT2D eigenvalue weighted by molar-refractivity contribution is 0.485. The van der Waals surface area contributed by atoms with Gasteiger partial charge in [0.25, 0.3) is 0 Å². The lowest BCUT2D eigenvalue weighted by Crippen LogP contribution is -2.19. The van der Waals surface area contributed by atoms with E-state index >= 15 is 0 Å². The number of para-hydroxylation sites is 1. The zero-order valence-corrected chi connectivity index (χ0v) is 13.1. The smallest absolute Gasteiger partial charge is 0.339 e. The van der Waals surface area contributed by atoms with Crippen LogP contribution in [0.15, 0.2) is 53.4 Å². The summed E-state index contributed by atoms with van der Waals surface area (Å²) in [7, 11) is -3.07. The third kappa shape index (κ3) is 2.63. The topological polar surface area (TPSA) is 43.4 Å². The monoisotopic (exact) mass is 278 g/mol. The van der Waals surface area contributed by atoms with Crippen LogP contribution in [0.3, 0.4) is 0 Å². The van der Waals surface area contributed by atoms with E-state index in [9.17, 15) is 8.42 Å². The van der Waals surface area contributed by atoms with Crippen molar-refractivity contribution >= 4 is 25.5 Å². The molecule has 0 aliphatic carbocycles. The van der Waals surface area contributed by atoms with Crippen LogP contribution in [0.2, 0.25) is 0 Å². The summed E-state index contributed by atoms with van der Waals surface area (Å²) in [5.74, 6) is 0.377. The molecular formula is C13H14O3SSi. The molecule has 0 saturated carbocycles. The molecular weight excluding hydrogens is 264 g/mol. The van der Waals surface area contributed by atoms with Gasteiger partial charge < -0.3 is 4.18 Å². The fourth-order valence-corrected chi connectivity index (χ4v) is 3.98. The van der Waals surface area contributed by atoms with Gasteiger partial charge in [-0.2, -0.15) is 8.42 Å². The Kier molecular flexibility index (Phi) is 3.54. The SMILES string of the molecule is Cc1ccccc1OS(=O)(=O)c1ccccc1[SiH3]. The Balaban J connectivity index is 2.40. The molecule has 0 fully saturated rings. The number of rotatable bonds is 3. The third-order valence-electron chi connectivity index (χ3n) is 2.66. The lowest BCUT2D eigenvalue weighted by Gasteiger charge is -2.10. The molecule has 2 rings (SSSR count). The van der Waals surface area contributed by atoms with Crippen molar-refractivity contribution in [3.63, 3.8) is 0 Å². The first-order valence-corrected chi connectivity index (χ1v) is 7.97. The first-order chi connectivity index (χ1) is 8.50. The standard InChI is InChI=1S/C13H14O3SSi/c1-10-6-2-3-7-11(10)16-17(14,15)12-8-4-5-9-13(12)18/h2-9H,1,18H3. The maximum atomic E-state index is 12.2. The van der Waals surface area contributed by atoms with Crippen LogP contribution in [0.1, 0.15) is 5.56 Å². The molecule has 0 bridgehead atoms. The second kappa shape index (κ2) is 4.95. The Hall–Kier alpha value is -1.59. The average Bonchev–Trinajstić information content (AvgIpc) is 2.32. The van der Waals surface area contributed by atoms with Gasteiger partial charge in [-0.25, -0.2) is 0 Å². The van der Waals surface area contributed by atoms with Crippen molar-refractivity contribution < 1.29 is 12.6 Å². The van der Waals surface area contributed by atoms with E-state index in [1.807, 2.05) is 25.1 Å². The summed E-state index contributed by atoms with van der Waals surface area (Å²) in [5.41, 5.74) is 0.798. The number of hydrogen-bond acceptors (Lipinski definition) is 3. The minimum Gasteiger partial charge on any atom is -0.379 e. The van der Waals surface area contributed by atoms with E-state index in [1.54, 1.807) is 30.3 Å². The maximum absolute atomic E-state index is 12.2. The highest BCUT2D eigenvalue weighted by Crippen LogP contribution is 2.21. The van der Waals surface area contributed by atoms with Crippen molar-refractivity contribution in [3.8, 4) is 5.75 Å². The Morgan fingerprint density at radius 2 is 1.61 bits per heavy atom. The van der Waals surface area contributed by atoms with Crippen LogP contribution < -0.4 is 9.37 Å². The van der Waals surface area contributed by atoms with E-state index in [-0.39, 0.29) is 4.90 Å². The fourth-order valence-electron chi connectivity index (χ4n) is 1.65. The predicted molar refractivity (Wildman–Crippen MR) is 75.0 cm³/mol. The Morgan fingerprint density at radius 1 is 1.00 bits per heavy atom. The highest BCUT2D eigenvalue weighted by molar-refractivity contribution is 7.87. The van der Waals surface area contributed by atoms with E-state index in [4.69, 9.17) is 4.18 Å². The van der Waals surface area contributed by atoms with Crippen molar-refractivity contribution in [2.75, 3.05) is 0 Å². The summed E-state index contributed by atoms with van der Waals surface area (Å²) in [6.07, 6.45) is 0. The Bertz CT molecular complexity index is 665. The molecule has 2 aromatic rings. The lowest BCUT2D eigenvalue weighted by atomic mass is 10.2. The van der Waals surface area contributed by atoms with Crippen molar-refractivity contribution in [1.82, 2.24) is 0 Å². The Labute approximate surface area is 110 Å². The largest absolute Gasteiger partial charge is 0.379 e. The van der Waals surface area contributed by atoms with E-state index in [0.29, 0.717) is 16.0 Å². The third-order valence-corrected chi connectivity index (χ3v) is 5.29. The molecule has 0 heterocycles. The molecule has 5 heteroatoms. The number of benzene rings is 2. The molecule has 0 amide bonds. The minimum absolute atomic E-state index is 0.264. The summed E-state index contributed by atoms with van der Waals surface area (Å²) in [4.78, 5) is 0.264. The minimum atomic E-state index is -3.73. The fraction of sp³-hybridized carbons (Fsp3) is 0.0769. The highest BCUT2D eigenvalue weighted by atomic mass is 32.2. The summed E-state index contributed by atoms with van der Waals surface area (Å²) in [5, 5.41) is 0.811. The van der Waals surface area contributed by atoms with Gasteiger partial charge in [-0.3, -0.25) is 0 Å². The van der Waals surface area contributed by atoms with E-state index < -0.39 is 10.1 Å². The first kappa shape index (κ1) is 12.9. The van der Waals surface area contributed by atoms with Gasteiger partial charge in [-0.05, 0) is 29.8 Å². The highest BCUT2D eigenvalue weighted by Gasteiger charge is 2.19. The molecule has 0 unspecified atom stereocenters. The van der Waals surface area contributed by atoms with Crippen molar-refractivity contribution in [3.05, 3.63) is 54.1 Å². The van der Waals surface area contributed by atoms with Crippen LogP contribution in [0.4, 0.5) is 0 Å². The van der Waals surface area contributed by atoms with Gasteiger partial charge in [0, 0.05) is 10.2 Å². The zero-order chi connectivity index (χ0) is 13.2. The van der Waals surface area contributed by atoms with Crippen molar-refractivity contribution in [2.45, 2.75) is 11.8 Å². The molecule has 0 aliphatic heterocycles. The van der Waals surface area contributed by atoms with Crippen LogP contribution in [0.5, 0.6) is 5.75 Å². The normalized spacial score (nSPS) is 11.4. The molecule has 0 radical (unpaired) electrons.